The summed E-state index contributed by atoms with van der Waals surface area (Å²) in [4.78, 5) is 47.6. The number of rotatable bonds is 14. The Kier molecular flexibility index (Phi) is 9.81. The molecule has 3 N–H and O–H groups in total. The van der Waals surface area contributed by atoms with Gasteiger partial charge >= 0.3 is 17.9 Å². The van der Waals surface area contributed by atoms with E-state index in [-0.39, 0.29) is 12.2 Å². The average molecular weight is 402 g/mol. The maximum Gasteiger partial charge on any atom is 0.336 e. The number of carboxylic acid groups (broad SMARTS) is 2. The van der Waals surface area contributed by atoms with Crippen molar-refractivity contribution >= 4 is 23.7 Å². The number of carbonyl (C=O) groups is 4. The van der Waals surface area contributed by atoms with E-state index in [1.54, 1.807) is 0 Å². The molecule has 0 amide bonds. The molecule has 2 atom stereocenters. The van der Waals surface area contributed by atoms with Gasteiger partial charge in [-0.05, 0) is 39.0 Å². The predicted octanol–water partition coefficient (Wildman–Crippen LogP) is 2.94. The van der Waals surface area contributed by atoms with Crippen LogP contribution in [0.2, 0.25) is 0 Å². The lowest BCUT2D eigenvalue weighted by molar-refractivity contribution is -0.194. The highest BCUT2D eigenvalue weighted by Gasteiger charge is 2.55. The molecule has 0 heterocycles. The fraction of sp³-hybridized carbons (Fsp3) is 0.800. The number of hydrogen-bond acceptors (Lipinski definition) is 6. The zero-order chi connectivity index (χ0) is 22.2. The molecule has 0 fully saturated rings. The topological polar surface area (TPSA) is 138 Å². The summed E-state index contributed by atoms with van der Waals surface area (Å²) in [6.07, 6.45) is 1.15. The number of carboxylic acids is 2. The molecule has 8 heteroatoms. The first-order valence-electron chi connectivity index (χ1n) is 9.80. The van der Waals surface area contributed by atoms with E-state index in [0.717, 1.165) is 6.42 Å². The van der Waals surface area contributed by atoms with Crippen molar-refractivity contribution in [2.45, 2.75) is 97.2 Å². The number of carbonyl (C=O) groups excluding carboxylic acids is 2. The Labute approximate surface area is 166 Å². The second kappa shape index (κ2) is 10.5. The number of aliphatic carboxylic acids is 2. The molecule has 2 unspecified atom stereocenters. The minimum absolute atomic E-state index is 0.282. The van der Waals surface area contributed by atoms with Crippen LogP contribution >= 0.6 is 0 Å². The quantitative estimate of drug-likeness (QED) is 0.377. The summed E-state index contributed by atoms with van der Waals surface area (Å²) in [6, 6.07) is 0. The van der Waals surface area contributed by atoms with E-state index < -0.39 is 47.4 Å². The molecule has 162 valence electrons. The lowest BCUT2D eigenvalue weighted by Crippen LogP contribution is -2.56. The van der Waals surface area contributed by atoms with Crippen molar-refractivity contribution in [1.29, 1.82) is 0 Å². The van der Waals surface area contributed by atoms with Gasteiger partial charge in [-0.2, -0.15) is 0 Å². The van der Waals surface area contributed by atoms with Crippen molar-refractivity contribution in [2.24, 2.45) is 5.41 Å². The molecule has 8 nitrogen and oxygen atoms in total. The van der Waals surface area contributed by atoms with Gasteiger partial charge < -0.3 is 20.1 Å². The molecule has 0 spiro atoms. The SMILES string of the molecule is CCCCC(OC(=O)CC(O)(CC(=O)O)C(=O)O)(C(C)=O)C(CC)(CC)CC. The van der Waals surface area contributed by atoms with Crippen LogP contribution in [0.25, 0.3) is 0 Å². The van der Waals surface area contributed by atoms with Crippen LogP contribution in [0.3, 0.4) is 0 Å². The van der Waals surface area contributed by atoms with Gasteiger partial charge in [-0.3, -0.25) is 14.4 Å². The number of unbranched alkanes of at least 4 members (excludes halogenated alkanes) is 1. The van der Waals surface area contributed by atoms with Gasteiger partial charge in [0.25, 0.3) is 0 Å². The van der Waals surface area contributed by atoms with Crippen LogP contribution in [-0.2, 0) is 23.9 Å². The summed E-state index contributed by atoms with van der Waals surface area (Å²) in [5.41, 5.74) is -4.90. The van der Waals surface area contributed by atoms with E-state index in [0.29, 0.717) is 25.7 Å². The zero-order valence-electron chi connectivity index (χ0n) is 17.5. The highest BCUT2D eigenvalue weighted by Crippen LogP contribution is 2.48. The molecular weight excluding hydrogens is 368 g/mol. The highest BCUT2D eigenvalue weighted by molar-refractivity contribution is 5.91. The number of aliphatic hydroxyl groups is 1. The largest absolute Gasteiger partial charge is 0.481 e. The Morgan fingerprint density at radius 1 is 0.893 bits per heavy atom. The molecule has 0 saturated heterocycles. The van der Waals surface area contributed by atoms with E-state index in [4.69, 9.17) is 9.84 Å². The second-order valence-corrected chi connectivity index (χ2v) is 7.39. The maximum atomic E-state index is 12.8. The van der Waals surface area contributed by atoms with E-state index >= 15 is 0 Å². The van der Waals surface area contributed by atoms with Crippen molar-refractivity contribution in [3.05, 3.63) is 0 Å². The second-order valence-electron chi connectivity index (χ2n) is 7.39. The predicted molar refractivity (Wildman–Crippen MR) is 102 cm³/mol. The molecule has 0 aromatic carbocycles. The third-order valence-corrected chi connectivity index (χ3v) is 5.90. The molecule has 0 bridgehead atoms. The van der Waals surface area contributed by atoms with E-state index in [9.17, 15) is 29.4 Å². The molecule has 0 aliphatic carbocycles. The number of Topliss-reactive ketones (excluding diaryl/α,β-unsaturated/α-hetero) is 1. The first-order valence-corrected chi connectivity index (χ1v) is 9.80. The zero-order valence-corrected chi connectivity index (χ0v) is 17.5. The highest BCUT2D eigenvalue weighted by atomic mass is 16.6. The Morgan fingerprint density at radius 3 is 1.71 bits per heavy atom. The van der Waals surface area contributed by atoms with Crippen LogP contribution in [0.15, 0.2) is 0 Å². The summed E-state index contributed by atoms with van der Waals surface area (Å²) < 4.78 is 5.66. The molecule has 0 radical (unpaired) electrons. The van der Waals surface area contributed by atoms with Crippen molar-refractivity contribution < 1.29 is 39.2 Å². The lowest BCUT2D eigenvalue weighted by atomic mass is 9.62. The van der Waals surface area contributed by atoms with Gasteiger partial charge in [-0.25, -0.2) is 4.79 Å². The standard InChI is InChI=1S/C20H34O8/c1-6-10-11-20(14(5)21,18(7-2,8-3)9-4)28-16(24)13-19(27,17(25)26)12-15(22)23/h27H,6-13H2,1-5H3,(H,22,23)(H,25,26). The lowest BCUT2D eigenvalue weighted by Gasteiger charge is -2.48. The number of ether oxygens (including phenoxy) is 1. The molecule has 0 rings (SSSR count). The molecular formula is C20H34O8. The fourth-order valence-corrected chi connectivity index (χ4v) is 4.01. The monoisotopic (exact) mass is 402 g/mol. The summed E-state index contributed by atoms with van der Waals surface area (Å²) in [7, 11) is 0. The number of ketones is 1. The summed E-state index contributed by atoms with van der Waals surface area (Å²) in [6.45, 7) is 9.00. The van der Waals surface area contributed by atoms with E-state index in [1.807, 2.05) is 27.7 Å². The summed E-state index contributed by atoms with van der Waals surface area (Å²) in [5, 5.41) is 28.2. The molecule has 28 heavy (non-hydrogen) atoms. The number of hydrogen-bond donors (Lipinski definition) is 3. The van der Waals surface area contributed by atoms with Crippen LogP contribution in [0.4, 0.5) is 0 Å². The Morgan fingerprint density at radius 2 is 1.39 bits per heavy atom. The number of esters is 1. The van der Waals surface area contributed by atoms with Crippen molar-refractivity contribution in [2.75, 3.05) is 0 Å². The van der Waals surface area contributed by atoms with E-state index in [2.05, 4.69) is 0 Å². The van der Waals surface area contributed by atoms with Crippen LogP contribution in [-0.4, -0.2) is 50.2 Å². The van der Waals surface area contributed by atoms with Gasteiger partial charge in [0, 0.05) is 5.41 Å². The van der Waals surface area contributed by atoms with Gasteiger partial charge in [0.15, 0.2) is 17.0 Å². The Balaban J connectivity index is 6.07. The summed E-state index contributed by atoms with van der Waals surface area (Å²) >= 11 is 0. The molecule has 0 saturated carbocycles. The third-order valence-electron chi connectivity index (χ3n) is 5.90. The first kappa shape index (κ1) is 26.0. The van der Waals surface area contributed by atoms with Gasteiger partial charge in [-0.15, -0.1) is 0 Å². The Hall–Kier alpha value is -1.96. The molecule has 0 aromatic heterocycles. The average Bonchev–Trinajstić information content (AvgIpc) is 2.59. The smallest absolute Gasteiger partial charge is 0.336 e. The molecule has 0 aromatic rings. The minimum Gasteiger partial charge on any atom is -0.481 e. The fourth-order valence-electron chi connectivity index (χ4n) is 4.01. The van der Waals surface area contributed by atoms with Crippen LogP contribution in [0.5, 0.6) is 0 Å². The van der Waals surface area contributed by atoms with Crippen molar-refractivity contribution in [3.8, 4) is 0 Å². The minimum atomic E-state index is -2.80. The normalized spacial score (nSPS) is 15.9. The van der Waals surface area contributed by atoms with Gasteiger partial charge in [-0.1, -0.05) is 34.1 Å². The molecule has 0 aliphatic heterocycles. The maximum absolute atomic E-state index is 12.8. The summed E-state index contributed by atoms with van der Waals surface area (Å²) in [5.74, 6) is -4.83. The van der Waals surface area contributed by atoms with Crippen LogP contribution in [0.1, 0.15) is 86.0 Å². The van der Waals surface area contributed by atoms with Crippen molar-refractivity contribution in [3.63, 3.8) is 0 Å². The van der Waals surface area contributed by atoms with Crippen LogP contribution in [0, 0.1) is 5.41 Å². The first-order chi connectivity index (χ1) is 12.9. The van der Waals surface area contributed by atoms with Gasteiger partial charge in [0.1, 0.15) is 0 Å². The van der Waals surface area contributed by atoms with Crippen LogP contribution < -0.4 is 0 Å². The van der Waals surface area contributed by atoms with Crippen molar-refractivity contribution in [1.82, 2.24) is 0 Å². The van der Waals surface area contributed by atoms with E-state index in [1.165, 1.54) is 6.92 Å². The molecule has 0 aliphatic rings. The Bertz CT molecular complexity index is 572. The van der Waals surface area contributed by atoms with Gasteiger partial charge in [0.2, 0.25) is 0 Å². The third kappa shape index (κ3) is 5.53. The van der Waals surface area contributed by atoms with Gasteiger partial charge in [0.05, 0.1) is 12.8 Å².